The van der Waals surface area contributed by atoms with E-state index < -0.39 is 0 Å². The summed E-state index contributed by atoms with van der Waals surface area (Å²) in [5.41, 5.74) is 6.88. The summed E-state index contributed by atoms with van der Waals surface area (Å²) in [7, 11) is 0. The number of carbonyl (C=O) groups is 1. The summed E-state index contributed by atoms with van der Waals surface area (Å²) in [6, 6.07) is 12.4. The molecule has 0 radical (unpaired) electrons. The van der Waals surface area contributed by atoms with Crippen LogP contribution in [0.5, 0.6) is 0 Å². The van der Waals surface area contributed by atoms with Gasteiger partial charge in [0, 0.05) is 24.8 Å². The lowest BCUT2D eigenvalue weighted by Crippen LogP contribution is -2.07. The molecule has 0 aliphatic rings. The van der Waals surface area contributed by atoms with E-state index in [0.29, 0.717) is 0 Å². The number of anilines is 2. The van der Waals surface area contributed by atoms with Gasteiger partial charge in [-0.25, -0.2) is 0 Å². The lowest BCUT2D eigenvalue weighted by molar-refractivity contribution is -0.114. The molecule has 2 aromatic rings. The van der Waals surface area contributed by atoms with E-state index in [2.05, 4.69) is 49.6 Å². The zero-order valence-electron chi connectivity index (χ0n) is 13.1. The highest BCUT2D eigenvalue weighted by Gasteiger charge is 2.03. The minimum atomic E-state index is -0.0565. The first-order chi connectivity index (χ1) is 9.95. The smallest absolute Gasteiger partial charge is 0.221 e. The summed E-state index contributed by atoms with van der Waals surface area (Å²) in [5, 5.41) is 6.25. The summed E-state index contributed by atoms with van der Waals surface area (Å²) < 4.78 is 0. The highest BCUT2D eigenvalue weighted by atomic mass is 16.1. The molecule has 0 fully saturated rings. The summed E-state index contributed by atoms with van der Waals surface area (Å²) in [6.45, 7) is 8.59. The predicted molar refractivity (Wildman–Crippen MR) is 88.7 cm³/mol. The van der Waals surface area contributed by atoms with Crippen LogP contribution in [-0.2, 0) is 11.3 Å². The number of nitrogens with one attached hydrogen (secondary N) is 2. The maximum Gasteiger partial charge on any atom is 0.221 e. The van der Waals surface area contributed by atoms with Crippen molar-refractivity contribution < 1.29 is 4.79 Å². The zero-order chi connectivity index (χ0) is 15.4. The third-order valence-corrected chi connectivity index (χ3v) is 3.61. The molecule has 0 saturated heterocycles. The fourth-order valence-corrected chi connectivity index (χ4v) is 2.20. The van der Waals surface area contributed by atoms with Crippen molar-refractivity contribution in [1.82, 2.24) is 0 Å². The van der Waals surface area contributed by atoms with Gasteiger partial charge in [0.2, 0.25) is 5.91 Å². The van der Waals surface area contributed by atoms with E-state index in [0.717, 1.165) is 23.5 Å². The number of benzene rings is 2. The molecule has 0 aliphatic heterocycles. The quantitative estimate of drug-likeness (QED) is 0.883. The molecular formula is C18H22N2O. The SMILES string of the molecule is CC(=O)Nc1ccc(C)c(NCc2ccc(C)c(C)c2)c1. The van der Waals surface area contributed by atoms with Crippen LogP contribution in [-0.4, -0.2) is 5.91 Å². The second kappa shape index (κ2) is 6.44. The Bertz CT molecular complexity index is 662. The predicted octanol–water partition coefficient (Wildman–Crippen LogP) is 4.18. The topological polar surface area (TPSA) is 41.1 Å². The van der Waals surface area contributed by atoms with Crippen LogP contribution < -0.4 is 10.6 Å². The summed E-state index contributed by atoms with van der Waals surface area (Å²) in [6.07, 6.45) is 0. The summed E-state index contributed by atoms with van der Waals surface area (Å²) in [5.74, 6) is -0.0565. The van der Waals surface area contributed by atoms with E-state index in [-0.39, 0.29) is 5.91 Å². The Morgan fingerprint density at radius 1 is 0.952 bits per heavy atom. The average Bonchev–Trinajstić information content (AvgIpc) is 2.42. The molecule has 2 aromatic carbocycles. The molecular weight excluding hydrogens is 260 g/mol. The van der Waals surface area contributed by atoms with E-state index >= 15 is 0 Å². The third-order valence-electron chi connectivity index (χ3n) is 3.61. The molecule has 0 atom stereocenters. The van der Waals surface area contributed by atoms with E-state index in [1.807, 2.05) is 18.2 Å². The van der Waals surface area contributed by atoms with Crippen LogP contribution >= 0.6 is 0 Å². The van der Waals surface area contributed by atoms with E-state index in [9.17, 15) is 4.79 Å². The van der Waals surface area contributed by atoms with E-state index in [1.165, 1.54) is 23.6 Å². The van der Waals surface area contributed by atoms with Crippen molar-refractivity contribution >= 4 is 17.3 Å². The fraction of sp³-hybridized carbons (Fsp3) is 0.278. The Morgan fingerprint density at radius 3 is 2.33 bits per heavy atom. The van der Waals surface area contributed by atoms with Crippen LogP contribution in [0.3, 0.4) is 0 Å². The Kier molecular flexibility index (Phi) is 4.63. The van der Waals surface area contributed by atoms with Crippen LogP contribution in [0.1, 0.15) is 29.2 Å². The molecule has 21 heavy (non-hydrogen) atoms. The van der Waals surface area contributed by atoms with Gasteiger partial charge in [-0.1, -0.05) is 24.3 Å². The summed E-state index contributed by atoms with van der Waals surface area (Å²) in [4.78, 5) is 11.1. The fourth-order valence-electron chi connectivity index (χ4n) is 2.20. The van der Waals surface area contributed by atoms with Gasteiger partial charge >= 0.3 is 0 Å². The van der Waals surface area contributed by atoms with Crippen molar-refractivity contribution in [2.24, 2.45) is 0 Å². The number of carbonyl (C=O) groups excluding carboxylic acids is 1. The molecule has 0 heterocycles. The number of hydrogen-bond donors (Lipinski definition) is 2. The molecule has 0 aliphatic carbocycles. The summed E-state index contributed by atoms with van der Waals surface area (Å²) >= 11 is 0. The molecule has 1 amide bonds. The maximum absolute atomic E-state index is 11.1. The molecule has 0 aromatic heterocycles. The Labute approximate surface area is 126 Å². The number of hydrogen-bond acceptors (Lipinski definition) is 2. The second-order valence-corrected chi connectivity index (χ2v) is 5.48. The van der Waals surface area contributed by atoms with Gasteiger partial charge in [-0.2, -0.15) is 0 Å². The van der Waals surface area contributed by atoms with Gasteiger partial charge in [0.1, 0.15) is 0 Å². The van der Waals surface area contributed by atoms with Crippen molar-refractivity contribution in [2.45, 2.75) is 34.2 Å². The largest absolute Gasteiger partial charge is 0.381 e. The highest BCUT2D eigenvalue weighted by Crippen LogP contribution is 2.21. The van der Waals surface area contributed by atoms with Gasteiger partial charge in [0.25, 0.3) is 0 Å². The zero-order valence-corrected chi connectivity index (χ0v) is 13.1. The van der Waals surface area contributed by atoms with Crippen molar-refractivity contribution in [2.75, 3.05) is 10.6 Å². The molecule has 0 saturated carbocycles. The van der Waals surface area contributed by atoms with Crippen LogP contribution in [0.15, 0.2) is 36.4 Å². The Morgan fingerprint density at radius 2 is 1.67 bits per heavy atom. The van der Waals surface area contributed by atoms with Crippen molar-refractivity contribution in [3.05, 3.63) is 58.7 Å². The molecule has 2 N–H and O–H groups in total. The number of rotatable bonds is 4. The van der Waals surface area contributed by atoms with Crippen LogP contribution in [0.25, 0.3) is 0 Å². The van der Waals surface area contributed by atoms with Crippen LogP contribution in [0.2, 0.25) is 0 Å². The van der Waals surface area contributed by atoms with Gasteiger partial charge in [0.05, 0.1) is 0 Å². The number of aryl methyl sites for hydroxylation is 3. The lowest BCUT2D eigenvalue weighted by Gasteiger charge is -2.13. The Hall–Kier alpha value is -2.29. The minimum absolute atomic E-state index is 0.0565. The van der Waals surface area contributed by atoms with Crippen molar-refractivity contribution in [3.63, 3.8) is 0 Å². The lowest BCUT2D eigenvalue weighted by atomic mass is 10.1. The third kappa shape index (κ3) is 4.09. The normalized spacial score (nSPS) is 10.3. The van der Waals surface area contributed by atoms with Gasteiger partial charge in [-0.3, -0.25) is 4.79 Å². The standard InChI is InChI=1S/C18H22N2O/c1-12-5-7-16(9-14(12)3)11-19-18-10-17(20-15(4)21)8-6-13(18)2/h5-10,19H,11H2,1-4H3,(H,20,21). The molecule has 3 heteroatoms. The van der Waals surface area contributed by atoms with Crippen LogP contribution in [0.4, 0.5) is 11.4 Å². The second-order valence-electron chi connectivity index (χ2n) is 5.48. The molecule has 0 spiro atoms. The number of amides is 1. The monoisotopic (exact) mass is 282 g/mol. The van der Waals surface area contributed by atoms with E-state index in [4.69, 9.17) is 0 Å². The highest BCUT2D eigenvalue weighted by molar-refractivity contribution is 5.89. The van der Waals surface area contributed by atoms with Gasteiger partial charge in [-0.05, 0) is 55.2 Å². The Balaban J connectivity index is 2.11. The average molecular weight is 282 g/mol. The van der Waals surface area contributed by atoms with Crippen molar-refractivity contribution in [1.29, 1.82) is 0 Å². The molecule has 0 unspecified atom stereocenters. The van der Waals surface area contributed by atoms with E-state index in [1.54, 1.807) is 0 Å². The van der Waals surface area contributed by atoms with Gasteiger partial charge in [0.15, 0.2) is 0 Å². The minimum Gasteiger partial charge on any atom is -0.381 e. The first-order valence-corrected chi connectivity index (χ1v) is 7.14. The maximum atomic E-state index is 11.1. The van der Waals surface area contributed by atoms with Gasteiger partial charge < -0.3 is 10.6 Å². The molecule has 0 bridgehead atoms. The molecule has 2 rings (SSSR count). The first-order valence-electron chi connectivity index (χ1n) is 7.14. The van der Waals surface area contributed by atoms with Gasteiger partial charge in [-0.15, -0.1) is 0 Å². The molecule has 3 nitrogen and oxygen atoms in total. The first kappa shape index (κ1) is 15.1. The van der Waals surface area contributed by atoms with Crippen molar-refractivity contribution in [3.8, 4) is 0 Å². The van der Waals surface area contributed by atoms with Crippen LogP contribution in [0, 0.1) is 20.8 Å². The molecule has 110 valence electrons.